The van der Waals surface area contributed by atoms with E-state index >= 15 is 0 Å². The normalized spacial score (nSPS) is 20.7. The zero-order valence-electron chi connectivity index (χ0n) is 14.9. The molecule has 1 saturated heterocycles. The summed E-state index contributed by atoms with van der Waals surface area (Å²) in [5.41, 5.74) is 1.92. The van der Waals surface area contributed by atoms with E-state index in [4.69, 9.17) is 4.74 Å². The van der Waals surface area contributed by atoms with Gasteiger partial charge in [-0.2, -0.15) is 0 Å². The second-order valence-electron chi connectivity index (χ2n) is 6.94. The quantitative estimate of drug-likeness (QED) is 0.934. The number of morpholine rings is 1. The van der Waals surface area contributed by atoms with Gasteiger partial charge in [0.15, 0.2) is 0 Å². The van der Waals surface area contributed by atoms with E-state index in [0.717, 1.165) is 5.56 Å². The van der Waals surface area contributed by atoms with Gasteiger partial charge in [0, 0.05) is 23.9 Å². The number of hydrogen-bond donors (Lipinski definition) is 1. The summed E-state index contributed by atoms with van der Waals surface area (Å²) in [4.78, 5) is 29.2. The molecule has 1 aromatic heterocycles. The topological polar surface area (TPSA) is 62.4 Å². The van der Waals surface area contributed by atoms with Crippen LogP contribution in [0, 0.1) is 12.8 Å². The molecule has 1 aliphatic heterocycles. The number of aromatic amines is 1. The molecule has 2 atom stereocenters. The van der Waals surface area contributed by atoms with Crippen LogP contribution in [0.15, 0.2) is 47.3 Å². The number of nitrogens with one attached hydrogen (secondary N) is 1. The molecule has 2 heterocycles. The fraction of sp³-hybridized carbons (Fsp3) is 0.400. The van der Waals surface area contributed by atoms with Gasteiger partial charge in [0.2, 0.25) is 5.56 Å². The summed E-state index contributed by atoms with van der Waals surface area (Å²) >= 11 is 0. The van der Waals surface area contributed by atoms with Crippen LogP contribution < -0.4 is 5.56 Å². The van der Waals surface area contributed by atoms with Crippen molar-refractivity contribution in [3.8, 4) is 0 Å². The number of nitrogens with zero attached hydrogens (tertiary/aromatic N) is 1. The molecule has 5 heteroatoms. The number of pyridine rings is 1. The van der Waals surface area contributed by atoms with Crippen LogP contribution in [0.2, 0.25) is 0 Å². The van der Waals surface area contributed by atoms with E-state index in [0.29, 0.717) is 30.3 Å². The highest BCUT2D eigenvalue weighted by Crippen LogP contribution is 2.28. The summed E-state index contributed by atoms with van der Waals surface area (Å²) in [6.45, 7) is 6.99. The average Bonchev–Trinajstić information content (AvgIpc) is 2.60. The Morgan fingerprint density at radius 3 is 2.56 bits per heavy atom. The predicted molar refractivity (Wildman–Crippen MR) is 96.6 cm³/mol. The molecule has 132 valence electrons. The van der Waals surface area contributed by atoms with E-state index in [-0.39, 0.29) is 23.7 Å². The van der Waals surface area contributed by atoms with Gasteiger partial charge in [-0.3, -0.25) is 9.59 Å². The Balaban J connectivity index is 1.88. The molecule has 1 amide bonds. The third kappa shape index (κ3) is 3.99. The molecule has 1 aromatic carbocycles. The van der Waals surface area contributed by atoms with Gasteiger partial charge in [0.05, 0.1) is 12.6 Å². The molecule has 1 aliphatic rings. The van der Waals surface area contributed by atoms with Crippen molar-refractivity contribution < 1.29 is 9.53 Å². The fourth-order valence-corrected chi connectivity index (χ4v) is 3.16. The van der Waals surface area contributed by atoms with E-state index in [1.807, 2.05) is 30.3 Å². The second kappa shape index (κ2) is 7.23. The van der Waals surface area contributed by atoms with E-state index in [1.165, 1.54) is 6.07 Å². The lowest BCUT2D eigenvalue weighted by atomic mass is 10.0. The summed E-state index contributed by atoms with van der Waals surface area (Å²) in [5, 5.41) is 0. The number of carbonyl (C=O) groups is 1. The van der Waals surface area contributed by atoms with Crippen molar-refractivity contribution in [2.75, 3.05) is 13.1 Å². The molecule has 0 saturated carbocycles. The summed E-state index contributed by atoms with van der Waals surface area (Å²) in [7, 11) is 0. The summed E-state index contributed by atoms with van der Waals surface area (Å²) in [5.74, 6) is 0.173. The molecule has 0 unspecified atom stereocenters. The van der Waals surface area contributed by atoms with Gasteiger partial charge < -0.3 is 14.6 Å². The average molecular weight is 340 g/mol. The van der Waals surface area contributed by atoms with Crippen LogP contribution in [-0.2, 0) is 4.74 Å². The molecule has 3 rings (SSSR count). The third-order valence-electron chi connectivity index (χ3n) is 4.55. The van der Waals surface area contributed by atoms with Crippen LogP contribution in [0.4, 0.5) is 0 Å². The predicted octanol–water partition coefficient (Wildman–Crippen LogP) is 2.92. The first kappa shape index (κ1) is 17.4. The van der Waals surface area contributed by atoms with E-state index in [9.17, 15) is 9.59 Å². The number of aryl methyl sites for hydroxylation is 1. The summed E-state index contributed by atoms with van der Waals surface area (Å²) in [6, 6.07) is 13.1. The molecule has 0 radical (unpaired) electrons. The number of benzene rings is 1. The monoisotopic (exact) mass is 340 g/mol. The van der Waals surface area contributed by atoms with Crippen molar-refractivity contribution in [2.45, 2.75) is 33.0 Å². The molecular formula is C20H24N2O3. The number of rotatable bonds is 3. The number of aromatic nitrogens is 1. The van der Waals surface area contributed by atoms with Gasteiger partial charge in [0.1, 0.15) is 6.10 Å². The van der Waals surface area contributed by atoms with Crippen LogP contribution in [-0.4, -0.2) is 35.0 Å². The van der Waals surface area contributed by atoms with Crippen molar-refractivity contribution in [3.05, 3.63) is 69.6 Å². The Labute approximate surface area is 147 Å². The van der Waals surface area contributed by atoms with Gasteiger partial charge in [-0.15, -0.1) is 0 Å². The molecule has 0 bridgehead atoms. The maximum absolute atomic E-state index is 13.0. The first-order chi connectivity index (χ1) is 11.9. The standard InChI is InChI=1S/C20H24N2O3/c1-13(2)17-11-22(12-18(25-17)15-7-5-4-6-8-15)20(24)16-9-14(3)21-19(23)10-16/h4-10,13,17-18H,11-12H2,1-3H3,(H,21,23)/t17-,18+/m1/s1. The number of amides is 1. The van der Waals surface area contributed by atoms with Crippen LogP contribution in [0.5, 0.6) is 0 Å². The number of carbonyl (C=O) groups excluding carboxylic acids is 1. The lowest BCUT2D eigenvalue weighted by molar-refractivity contribution is -0.0954. The molecule has 2 aromatic rings. The second-order valence-corrected chi connectivity index (χ2v) is 6.94. The van der Waals surface area contributed by atoms with Gasteiger partial charge in [-0.25, -0.2) is 0 Å². The Bertz CT molecular complexity index is 798. The highest BCUT2D eigenvalue weighted by molar-refractivity contribution is 5.94. The molecule has 25 heavy (non-hydrogen) atoms. The van der Waals surface area contributed by atoms with Crippen LogP contribution in [0.3, 0.4) is 0 Å². The van der Waals surface area contributed by atoms with Crippen LogP contribution in [0.1, 0.15) is 41.6 Å². The van der Waals surface area contributed by atoms with Crippen LogP contribution >= 0.6 is 0 Å². The summed E-state index contributed by atoms with van der Waals surface area (Å²) < 4.78 is 6.24. The zero-order chi connectivity index (χ0) is 18.0. The highest BCUT2D eigenvalue weighted by Gasteiger charge is 2.33. The SMILES string of the molecule is Cc1cc(C(=O)N2C[C@@H](c3ccccc3)O[C@@H](C(C)C)C2)cc(=O)[nH]1. The smallest absolute Gasteiger partial charge is 0.254 e. The molecule has 1 N–H and O–H groups in total. The molecule has 1 fully saturated rings. The van der Waals surface area contributed by atoms with Gasteiger partial charge in [-0.05, 0) is 24.5 Å². The maximum atomic E-state index is 13.0. The molecule has 5 nitrogen and oxygen atoms in total. The third-order valence-corrected chi connectivity index (χ3v) is 4.55. The highest BCUT2D eigenvalue weighted by atomic mass is 16.5. The Morgan fingerprint density at radius 1 is 1.20 bits per heavy atom. The minimum Gasteiger partial charge on any atom is -0.366 e. The molecule has 0 spiro atoms. The largest absolute Gasteiger partial charge is 0.366 e. The van der Waals surface area contributed by atoms with E-state index in [2.05, 4.69) is 18.8 Å². The van der Waals surface area contributed by atoms with Crippen molar-refractivity contribution >= 4 is 5.91 Å². The van der Waals surface area contributed by atoms with Crippen molar-refractivity contribution in [1.82, 2.24) is 9.88 Å². The first-order valence-corrected chi connectivity index (χ1v) is 8.64. The number of hydrogen-bond acceptors (Lipinski definition) is 3. The van der Waals surface area contributed by atoms with Crippen LogP contribution in [0.25, 0.3) is 0 Å². The maximum Gasteiger partial charge on any atom is 0.254 e. The van der Waals surface area contributed by atoms with E-state index < -0.39 is 0 Å². The fourth-order valence-electron chi connectivity index (χ4n) is 3.16. The minimum absolute atomic E-state index is 0.0361. The van der Waals surface area contributed by atoms with E-state index in [1.54, 1.807) is 17.9 Å². The minimum atomic E-state index is -0.253. The molecule has 0 aliphatic carbocycles. The van der Waals surface area contributed by atoms with Crippen molar-refractivity contribution in [3.63, 3.8) is 0 Å². The number of ether oxygens (including phenoxy) is 1. The Morgan fingerprint density at radius 2 is 1.92 bits per heavy atom. The number of H-pyrrole nitrogens is 1. The zero-order valence-corrected chi connectivity index (χ0v) is 14.9. The summed E-state index contributed by atoms with van der Waals surface area (Å²) in [6.07, 6.45) is -0.194. The van der Waals surface area contributed by atoms with Gasteiger partial charge >= 0.3 is 0 Å². The first-order valence-electron chi connectivity index (χ1n) is 8.64. The van der Waals surface area contributed by atoms with Gasteiger partial charge in [-0.1, -0.05) is 44.2 Å². The Kier molecular flexibility index (Phi) is 5.04. The lowest BCUT2D eigenvalue weighted by Gasteiger charge is -2.40. The Hall–Kier alpha value is -2.40. The lowest BCUT2D eigenvalue weighted by Crippen LogP contribution is -2.48. The van der Waals surface area contributed by atoms with Gasteiger partial charge in [0.25, 0.3) is 5.91 Å². The van der Waals surface area contributed by atoms with Crippen molar-refractivity contribution in [1.29, 1.82) is 0 Å². The molecular weight excluding hydrogens is 316 g/mol. The van der Waals surface area contributed by atoms with Crippen molar-refractivity contribution in [2.24, 2.45) is 5.92 Å².